The van der Waals surface area contributed by atoms with Gasteiger partial charge in [0, 0.05) is 16.5 Å². The van der Waals surface area contributed by atoms with Crippen molar-refractivity contribution in [1.82, 2.24) is 10.2 Å². The first-order chi connectivity index (χ1) is 7.70. The molecule has 0 radical (unpaired) electrons. The summed E-state index contributed by atoms with van der Waals surface area (Å²) < 4.78 is 6.34. The lowest BCUT2D eigenvalue weighted by Gasteiger charge is -1.98. The minimum Gasteiger partial charge on any atom is -0.421 e. The largest absolute Gasteiger partial charge is 0.421 e. The van der Waals surface area contributed by atoms with Crippen LogP contribution in [0.15, 0.2) is 27.1 Å². The van der Waals surface area contributed by atoms with E-state index in [0.29, 0.717) is 16.8 Å². The highest BCUT2D eigenvalue weighted by Gasteiger charge is 2.09. The Bertz CT molecular complexity index is 498. The highest BCUT2D eigenvalue weighted by molar-refractivity contribution is 9.10. The van der Waals surface area contributed by atoms with Crippen molar-refractivity contribution in [3.8, 4) is 11.5 Å². The molecule has 0 unspecified atom stereocenters. The van der Waals surface area contributed by atoms with Gasteiger partial charge in [0.2, 0.25) is 11.8 Å². The van der Waals surface area contributed by atoms with Crippen LogP contribution in [0.4, 0.5) is 0 Å². The minimum absolute atomic E-state index is 0.529. The second kappa shape index (κ2) is 4.97. The van der Waals surface area contributed by atoms with Crippen molar-refractivity contribution in [2.75, 3.05) is 0 Å². The van der Waals surface area contributed by atoms with E-state index < -0.39 is 0 Å². The van der Waals surface area contributed by atoms with Crippen molar-refractivity contribution in [2.45, 2.75) is 19.8 Å². The molecular weight excluding hydrogens is 291 g/mol. The molecule has 0 saturated carbocycles. The number of rotatable bonds is 3. The van der Waals surface area contributed by atoms with Gasteiger partial charge >= 0.3 is 0 Å². The van der Waals surface area contributed by atoms with E-state index in [1.165, 1.54) is 0 Å². The summed E-state index contributed by atoms with van der Waals surface area (Å²) in [4.78, 5) is 0. The van der Waals surface area contributed by atoms with Crippen molar-refractivity contribution in [3.63, 3.8) is 0 Å². The number of benzene rings is 1. The molecule has 0 atom stereocenters. The normalized spacial score (nSPS) is 10.7. The summed E-state index contributed by atoms with van der Waals surface area (Å²) in [5.74, 6) is 1.20. The lowest BCUT2D eigenvalue weighted by atomic mass is 10.2. The maximum absolute atomic E-state index is 5.91. The van der Waals surface area contributed by atoms with Crippen LogP contribution in [0, 0.1) is 0 Å². The quantitative estimate of drug-likeness (QED) is 0.856. The fourth-order valence-electron chi connectivity index (χ4n) is 1.31. The molecule has 2 rings (SSSR count). The van der Waals surface area contributed by atoms with Crippen LogP contribution < -0.4 is 0 Å². The van der Waals surface area contributed by atoms with Crippen LogP contribution >= 0.6 is 27.5 Å². The van der Waals surface area contributed by atoms with Gasteiger partial charge in [0.05, 0.1) is 5.02 Å². The van der Waals surface area contributed by atoms with Crippen molar-refractivity contribution < 1.29 is 4.42 Å². The molecule has 1 aromatic carbocycles. The lowest BCUT2D eigenvalue weighted by Crippen LogP contribution is -1.80. The summed E-state index contributed by atoms with van der Waals surface area (Å²) in [7, 11) is 0. The molecule has 5 heteroatoms. The zero-order valence-electron chi connectivity index (χ0n) is 8.70. The summed E-state index contributed by atoms with van der Waals surface area (Å²) in [5, 5.41) is 8.63. The van der Waals surface area contributed by atoms with E-state index in [2.05, 4.69) is 33.1 Å². The van der Waals surface area contributed by atoms with Gasteiger partial charge in [-0.25, -0.2) is 0 Å². The fourth-order valence-corrected chi connectivity index (χ4v) is 1.81. The molecule has 0 fully saturated rings. The van der Waals surface area contributed by atoms with Crippen molar-refractivity contribution >= 4 is 27.5 Å². The first kappa shape index (κ1) is 11.6. The molecule has 3 nitrogen and oxygen atoms in total. The van der Waals surface area contributed by atoms with Gasteiger partial charge in [0.1, 0.15) is 0 Å². The fraction of sp³-hybridized carbons (Fsp3) is 0.273. The highest BCUT2D eigenvalue weighted by Crippen LogP contribution is 2.28. The van der Waals surface area contributed by atoms with E-state index in [4.69, 9.17) is 16.0 Å². The summed E-state index contributed by atoms with van der Waals surface area (Å²) in [5.41, 5.74) is 0.867. The zero-order valence-corrected chi connectivity index (χ0v) is 11.0. The van der Waals surface area contributed by atoms with Gasteiger partial charge in [0.15, 0.2) is 0 Å². The van der Waals surface area contributed by atoms with Gasteiger partial charge < -0.3 is 4.42 Å². The Morgan fingerprint density at radius 1 is 1.38 bits per heavy atom. The SMILES string of the molecule is CCCc1nnc(-c2ccc(Cl)c(Br)c2)o1. The first-order valence-electron chi connectivity index (χ1n) is 4.98. The molecule has 0 bridgehead atoms. The molecule has 0 spiro atoms. The molecule has 0 aliphatic carbocycles. The Kier molecular flexibility index (Phi) is 3.61. The molecule has 0 N–H and O–H groups in total. The molecule has 0 aliphatic heterocycles. The van der Waals surface area contributed by atoms with Crippen molar-refractivity contribution in [2.24, 2.45) is 0 Å². The molecule has 0 amide bonds. The molecule has 2 aromatic rings. The average Bonchev–Trinajstić information content (AvgIpc) is 2.71. The highest BCUT2D eigenvalue weighted by atomic mass is 79.9. The molecule has 1 heterocycles. The maximum atomic E-state index is 5.91. The van der Waals surface area contributed by atoms with E-state index in [0.717, 1.165) is 22.9 Å². The number of halogens is 2. The third-order valence-corrected chi connectivity index (χ3v) is 3.31. The predicted octanol–water partition coefficient (Wildman–Crippen LogP) is 4.11. The Labute approximate surface area is 107 Å². The third kappa shape index (κ3) is 2.44. The van der Waals surface area contributed by atoms with Crippen LogP contribution in [0.25, 0.3) is 11.5 Å². The Hall–Kier alpha value is -0.870. The molecule has 1 aromatic heterocycles. The first-order valence-corrected chi connectivity index (χ1v) is 6.15. The second-order valence-corrected chi connectivity index (χ2v) is 4.64. The maximum Gasteiger partial charge on any atom is 0.247 e. The summed E-state index contributed by atoms with van der Waals surface area (Å²) in [6, 6.07) is 5.52. The van der Waals surface area contributed by atoms with Crippen LogP contribution in [0.3, 0.4) is 0 Å². The predicted molar refractivity (Wildman–Crippen MR) is 66.4 cm³/mol. The van der Waals surface area contributed by atoms with Crippen LogP contribution in [0.5, 0.6) is 0 Å². The van der Waals surface area contributed by atoms with E-state index in [-0.39, 0.29) is 0 Å². The van der Waals surface area contributed by atoms with Crippen LogP contribution in [0.2, 0.25) is 5.02 Å². The standard InChI is InChI=1S/C11H10BrClN2O/c1-2-3-10-14-15-11(16-10)7-4-5-9(13)8(12)6-7/h4-6H,2-3H2,1H3. The zero-order chi connectivity index (χ0) is 11.5. The van der Waals surface area contributed by atoms with Gasteiger partial charge in [-0.2, -0.15) is 0 Å². The van der Waals surface area contributed by atoms with Gasteiger partial charge in [-0.15, -0.1) is 10.2 Å². The average molecular weight is 302 g/mol. The van der Waals surface area contributed by atoms with Gasteiger partial charge in [-0.1, -0.05) is 18.5 Å². The monoisotopic (exact) mass is 300 g/mol. The number of nitrogens with zero attached hydrogens (tertiary/aromatic N) is 2. The molecule has 0 saturated heterocycles. The minimum atomic E-state index is 0.529. The summed E-state index contributed by atoms with van der Waals surface area (Å²) >= 11 is 9.27. The number of hydrogen-bond acceptors (Lipinski definition) is 3. The van der Waals surface area contributed by atoms with Crippen molar-refractivity contribution in [3.05, 3.63) is 33.6 Å². The van der Waals surface area contributed by atoms with Gasteiger partial charge in [0.25, 0.3) is 0 Å². The second-order valence-electron chi connectivity index (χ2n) is 3.38. The lowest BCUT2D eigenvalue weighted by molar-refractivity contribution is 0.502. The Morgan fingerprint density at radius 3 is 2.88 bits per heavy atom. The Morgan fingerprint density at radius 2 is 2.19 bits per heavy atom. The topological polar surface area (TPSA) is 38.9 Å². The molecular formula is C11H10BrClN2O. The van der Waals surface area contributed by atoms with Gasteiger partial charge in [-0.05, 0) is 40.5 Å². The molecule has 16 heavy (non-hydrogen) atoms. The number of aryl methyl sites for hydroxylation is 1. The molecule has 84 valence electrons. The van der Waals surface area contributed by atoms with Crippen LogP contribution in [-0.2, 0) is 6.42 Å². The van der Waals surface area contributed by atoms with E-state index >= 15 is 0 Å². The Balaban J connectivity index is 2.31. The number of hydrogen-bond donors (Lipinski definition) is 0. The van der Waals surface area contributed by atoms with Crippen LogP contribution in [-0.4, -0.2) is 10.2 Å². The third-order valence-electron chi connectivity index (χ3n) is 2.10. The molecule has 0 aliphatic rings. The van der Waals surface area contributed by atoms with Crippen LogP contribution in [0.1, 0.15) is 19.2 Å². The van der Waals surface area contributed by atoms with E-state index in [1.54, 1.807) is 6.07 Å². The van der Waals surface area contributed by atoms with E-state index in [9.17, 15) is 0 Å². The van der Waals surface area contributed by atoms with Crippen molar-refractivity contribution in [1.29, 1.82) is 0 Å². The number of aromatic nitrogens is 2. The summed E-state index contributed by atoms with van der Waals surface area (Å²) in [6.07, 6.45) is 1.80. The smallest absolute Gasteiger partial charge is 0.247 e. The summed E-state index contributed by atoms with van der Waals surface area (Å²) in [6.45, 7) is 2.07. The van der Waals surface area contributed by atoms with Gasteiger partial charge in [-0.3, -0.25) is 0 Å². The van der Waals surface area contributed by atoms with E-state index in [1.807, 2.05) is 12.1 Å².